The van der Waals surface area contributed by atoms with Gasteiger partial charge in [0.15, 0.2) is 11.5 Å². The second-order valence-corrected chi connectivity index (χ2v) is 10.8. The number of methoxy groups -OCH3 is 1. The highest BCUT2D eigenvalue weighted by Gasteiger charge is 2.25. The Kier molecular flexibility index (Phi) is 9.06. The van der Waals surface area contributed by atoms with Crippen molar-refractivity contribution in [1.82, 2.24) is 25.1 Å². The third kappa shape index (κ3) is 6.67. The molecule has 0 spiro atoms. The standard InChI is InChI=1S/C29H36ClFN6O3/c1-36-12-4-14-37(29(36)38)13-3-11-32-19-5-8-21(9-6-19)40-27-16-22-25(17-26(27)39-2)33-18-34-28(22)35-20-7-10-24(31)23(30)15-20/h7,10,15-19,21,32H,3-6,8-9,11-14H2,1-2H3,(H,33,34,35). The number of rotatable bonds is 10. The number of carbonyl (C=O) groups excluding carboxylic acids is 1. The monoisotopic (exact) mass is 570 g/mol. The van der Waals surface area contributed by atoms with Crippen LogP contribution >= 0.6 is 11.6 Å². The van der Waals surface area contributed by atoms with Crippen LogP contribution in [0.5, 0.6) is 11.5 Å². The minimum atomic E-state index is -0.480. The van der Waals surface area contributed by atoms with E-state index in [1.54, 1.807) is 18.1 Å². The van der Waals surface area contributed by atoms with E-state index >= 15 is 0 Å². The molecule has 2 heterocycles. The lowest BCUT2D eigenvalue weighted by atomic mass is 9.93. The first-order valence-corrected chi connectivity index (χ1v) is 14.2. The average Bonchev–Trinajstić information content (AvgIpc) is 2.96. The number of hydrogen-bond acceptors (Lipinski definition) is 7. The summed E-state index contributed by atoms with van der Waals surface area (Å²) < 4.78 is 25.7. The van der Waals surface area contributed by atoms with E-state index in [1.165, 1.54) is 18.5 Å². The van der Waals surface area contributed by atoms with Gasteiger partial charge in [0, 0.05) is 49.9 Å². The Bertz CT molecular complexity index is 1340. The maximum absolute atomic E-state index is 13.6. The SMILES string of the molecule is COc1cc2ncnc(Nc3ccc(F)c(Cl)c3)c2cc1OC1CCC(NCCCN2CCCN(C)C2=O)CC1. The van der Waals surface area contributed by atoms with Gasteiger partial charge in [0.1, 0.15) is 18.0 Å². The van der Waals surface area contributed by atoms with Crippen molar-refractivity contribution in [3.8, 4) is 11.5 Å². The summed E-state index contributed by atoms with van der Waals surface area (Å²) in [5.74, 6) is 1.33. The highest BCUT2D eigenvalue weighted by atomic mass is 35.5. The van der Waals surface area contributed by atoms with Crippen molar-refractivity contribution < 1.29 is 18.7 Å². The van der Waals surface area contributed by atoms with E-state index in [0.717, 1.165) is 70.1 Å². The molecular weight excluding hydrogens is 535 g/mol. The molecule has 0 radical (unpaired) electrons. The van der Waals surface area contributed by atoms with Crippen molar-refractivity contribution in [1.29, 1.82) is 0 Å². The van der Waals surface area contributed by atoms with Gasteiger partial charge in [0.2, 0.25) is 0 Å². The first-order chi connectivity index (χ1) is 19.4. The molecule has 1 aliphatic carbocycles. The second-order valence-electron chi connectivity index (χ2n) is 10.4. The molecule has 5 rings (SSSR count). The van der Waals surface area contributed by atoms with E-state index in [-0.39, 0.29) is 17.2 Å². The van der Waals surface area contributed by atoms with E-state index in [4.69, 9.17) is 21.1 Å². The van der Waals surface area contributed by atoms with Gasteiger partial charge >= 0.3 is 6.03 Å². The summed E-state index contributed by atoms with van der Waals surface area (Å²) in [5, 5.41) is 7.66. The zero-order valence-corrected chi connectivity index (χ0v) is 23.7. The van der Waals surface area contributed by atoms with Crippen molar-refractivity contribution in [2.45, 2.75) is 50.7 Å². The Morgan fingerprint density at radius 1 is 1.10 bits per heavy atom. The number of anilines is 2. The number of nitrogens with one attached hydrogen (secondary N) is 2. The molecule has 0 bridgehead atoms. The number of hydrogen-bond donors (Lipinski definition) is 2. The molecule has 9 nitrogen and oxygen atoms in total. The summed E-state index contributed by atoms with van der Waals surface area (Å²) in [7, 11) is 3.49. The molecule has 40 heavy (non-hydrogen) atoms. The molecule has 2 amide bonds. The van der Waals surface area contributed by atoms with Crippen LogP contribution in [0.3, 0.4) is 0 Å². The van der Waals surface area contributed by atoms with E-state index < -0.39 is 5.82 Å². The Hall–Kier alpha value is -3.37. The number of aromatic nitrogens is 2. The lowest BCUT2D eigenvalue weighted by Crippen LogP contribution is -2.48. The number of carbonyl (C=O) groups is 1. The summed E-state index contributed by atoms with van der Waals surface area (Å²) in [6, 6.07) is 8.76. The average molecular weight is 571 g/mol. The Morgan fingerprint density at radius 3 is 2.70 bits per heavy atom. The number of halogens is 2. The fourth-order valence-electron chi connectivity index (χ4n) is 5.41. The quantitative estimate of drug-likeness (QED) is 0.306. The van der Waals surface area contributed by atoms with Crippen LogP contribution in [0.2, 0.25) is 5.02 Å². The van der Waals surface area contributed by atoms with Crippen LogP contribution in [0.1, 0.15) is 38.5 Å². The number of ether oxygens (including phenoxy) is 2. The lowest BCUT2D eigenvalue weighted by Gasteiger charge is -2.33. The fraction of sp³-hybridized carbons (Fsp3) is 0.483. The van der Waals surface area contributed by atoms with E-state index in [9.17, 15) is 9.18 Å². The largest absolute Gasteiger partial charge is 0.493 e. The van der Waals surface area contributed by atoms with Gasteiger partial charge in [0.05, 0.1) is 23.8 Å². The highest BCUT2D eigenvalue weighted by Crippen LogP contribution is 2.37. The van der Waals surface area contributed by atoms with Crippen LogP contribution in [0.15, 0.2) is 36.7 Å². The third-order valence-corrected chi connectivity index (χ3v) is 7.92. The summed E-state index contributed by atoms with van der Waals surface area (Å²) in [6.45, 7) is 3.40. The van der Waals surface area contributed by atoms with Gasteiger partial charge in [-0.3, -0.25) is 0 Å². The minimum absolute atomic E-state index is 0.0316. The maximum Gasteiger partial charge on any atom is 0.319 e. The molecule has 2 fully saturated rings. The zero-order valence-electron chi connectivity index (χ0n) is 23.0. The van der Waals surface area contributed by atoms with Gasteiger partial charge in [-0.15, -0.1) is 0 Å². The van der Waals surface area contributed by atoms with Crippen molar-refractivity contribution in [2.24, 2.45) is 0 Å². The first kappa shape index (κ1) is 28.2. The van der Waals surface area contributed by atoms with Gasteiger partial charge in [-0.25, -0.2) is 19.2 Å². The van der Waals surface area contributed by atoms with Gasteiger partial charge in [-0.1, -0.05) is 11.6 Å². The predicted molar refractivity (Wildman–Crippen MR) is 154 cm³/mol. The topological polar surface area (TPSA) is 91.8 Å². The number of urea groups is 1. The molecule has 214 valence electrons. The highest BCUT2D eigenvalue weighted by molar-refractivity contribution is 6.31. The van der Waals surface area contributed by atoms with Gasteiger partial charge < -0.3 is 29.9 Å². The molecule has 1 aliphatic heterocycles. The molecule has 1 saturated carbocycles. The molecule has 2 aliphatic rings. The molecule has 0 unspecified atom stereocenters. The van der Waals surface area contributed by atoms with Crippen molar-refractivity contribution >= 4 is 40.0 Å². The predicted octanol–water partition coefficient (Wildman–Crippen LogP) is 5.60. The van der Waals surface area contributed by atoms with Gasteiger partial charge in [-0.2, -0.15) is 0 Å². The van der Waals surface area contributed by atoms with E-state index in [2.05, 4.69) is 20.6 Å². The number of benzene rings is 2. The molecule has 2 N–H and O–H groups in total. The molecule has 11 heteroatoms. The van der Waals surface area contributed by atoms with Crippen LogP contribution in [0, 0.1) is 5.82 Å². The zero-order chi connectivity index (χ0) is 28.1. The van der Waals surface area contributed by atoms with Crippen LogP contribution in [0.25, 0.3) is 10.9 Å². The van der Waals surface area contributed by atoms with Crippen LogP contribution < -0.4 is 20.1 Å². The van der Waals surface area contributed by atoms with Crippen molar-refractivity contribution in [2.75, 3.05) is 45.7 Å². The lowest BCUT2D eigenvalue weighted by molar-refractivity contribution is 0.132. The third-order valence-electron chi connectivity index (χ3n) is 7.63. The van der Waals surface area contributed by atoms with E-state index in [0.29, 0.717) is 34.6 Å². The smallest absolute Gasteiger partial charge is 0.319 e. The molecular formula is C29H36ClFN6O3. The molecule has 1 aromatic heterocycles. The van der Waals surface area contributed by atoms with Crippen molar-refractivity contribution in [3.63, 3.8) is 0 Å². The number of fused-ring (bicyclic) bond motifs is 1. The Morgan fingerprint density at radius 2 is 1.93 bits per heavy atom. The minimum Gasteiger partial charge on any atom is -0.493 e. The normalized spacial score (nSPS) is 19.6. The number of nitrogens with zero attached hydrogens (tertiary/aromatic N) is 4. The molecule has 1 saturated heterocycles. The van der Waals surface area contributed by atoms with Gasteiger partial charge in [0.25, 0.3) is 0 Å². The fourth-order valence-corrected chi connectivity index (χ4v) is 5.59. The van der Waals surface area contributed by atoms with Crippen molar-refractivity contribution in [3.05, 3.63) is 47.5 Å². The molecule has 0 atom stereocenters. The first-order valence-electron chi connectivity index (χ1n) is 13.9. The number of amides is 2. The molecule has 3 aromatic rings. The maximum atomic E-state index is 13.6. The van der Waals surface area contributed by atoms with Crippen LogP contribution in [0.4, 0.5) is 20.7 Å². The summed E-state index contributed by atoms with van der Waals surface area (Å²) in [4.78, 5) is 24.8. The van der Waals surface area contributed by atoms with Gasteiger partial charge in [-0.05, 0) is 69.3 Å². The van der Waals surface area contributed by atoms with E-state index in [1.807, 2.05) is 24.1 Å². The Balaban J connectivity index is 1.17. The van der Waals surface area contributed by atoms with Crippen LogP contribution in [-0.2, 0) is 0 Å². The molecule has 2 aromatic carbocycles. The summed E-state index contributed by atoms with van der Waals surface area (Å²) >= 11 is 5.95. The summed E-state index contributed by atoms with van der Waals surface area (Å²) in [6.07, 6.45) is 7.43. The van der Waals surface area contributed by atoms with Crippen LogP contribution in [-0.4, -0.2) is 78.3 Å². The Labute approximate surface area is 239 Å². The second kappa shape index (κ2) is 12.9. The summed E-state index contributed by atoms with van der Waals surface area (Å²) in [5.41, 5.74) is 1.31.